The Balaban J connectivity index is 2.21. The second kappa shape index (κ2) is 5.79. The maximum Gasteiger partial charge on any atom is 0.255 e. The van der Waals surface area contributed by atoms with Crippen LogP contribution in [0, 0.1) is 5.82 Å². The number of anilines is 2. The first-order valence-electron chi connectivity index (χ1n) is 5.70. The topological polar surface area (TPSA) is 64.3 Å². The van der Waals surface area contributed by atoms with Gasteiger partial charge >= 0.3 is 0 Å². The molecule has 3 N–H and O–H groups in total. The predicted molar refractivity (Wildman–Crippen MR) is 76.8 cm³/mol. The van der Waals surface area contributed by atoms with Crippen LogP contribution in [0.4, 0.5) is 15.8 Å². The van der Waals surface area contributed by atoms with Crippen LogP contribution < -0.4 is 15.8 Å². The van der Waals surface area contributed by atoms with Crippen LogP contribution in [0.2, 0.25) is 5.02 Å². The van der Waals surface area contributed by atoms with Crippen molar-refractivity contribution < 1.29 is 13.9 Å². The third-order valence-electron chi connectivity index (χ3n) is 2.61. The molecule has 4 nitrogen and oxygen atoms in total. The van der Waals surface area contributed by atoms with E-state index in [1.165, 1.54) is 25.3 Å². The fourth-order valence-electron chi connectivity index (χ4n) is 1.70. The van der Waals surface area contributed by atoms with Crippen molar-refractivity contribution >= 4 is 28.9 Å². The molecule has 2 aromatic rings. The average Bonchev–Trinajstić information content (AvgIpc) is 2.37. The van der Waals surface area contributed by atoms with Gasteiger partial charge in [-0.3, -0.25) is 4.79 Å². The van der Waals surface area contributed by atoms with Crippen LogP contribution in [0.3, 0.4) is 0 Å². The maximum atomic E-state index is 13.2. The van der Waals surface area contributed by atoms with Crippen molar-refractivity contribution in [3.05, 3.63) is 52.8 Å². The van der Waals surface area contributed by atoms with Gasteiger partial charge in [-0.05, 0) is 36.4 Å². The minimum Gasteiger partial charge on any atom is -0.495 e. The van der Waals surface area contributed by atoms with Crippen LogP contribution in [0.5, 0.6) is 5.75 Å². The number of carbonyl (C=O) groups is 1. The lowest BCUT2D eigenvalue weighted by Crippen LogP contribution is -2.12. The van der Waals surface area contributed by atoms with Gasteiger partial charge in [-0.2, -0.15) is 0 Å². The fraction of sp³-hybridized carbons (Fsp3) is 0.0714. The fourth-order valence-corrected chi connectivity index (χ4v) is 1.93. The van der Waals surface area contributed by atoms with Crippen molar-refractivity contribution in [1.82, 2.24) is 0 Å². The Hall–Kier alpha value is -2.27. The van der Waals surface area contributed by atoms with Crippen LogP contribution in [0.15, 0.2) is 36.4 Å². The molecule has 0 spiro atoms. The van der Waals surface area contributed by atoms with Crippen LogP contribution in [-0.4, -0.2) is 13.0 Å². The van der Waals surface area contributed by atoms with E-state index in [2.05, 4.69) is 5.32 Å². The molecule has 2 rings (SSSR count). The Kier molecular flexibility index (Phi) is 4.10. The van der Waals surface area contributed by atoms with E-state index in [0.29, 0.717) is 17.0 Å². The molecule has 0 saturated carbocycles. The first-order valence-corrected chi connectivity index (χ1v) is 6.08. The second-order valence-electron chi connectivity index (χ2n) is 4.07. The van der Waals surface area contributed by atoms with Gasteiger partial charge in [0.1, 0.15) is 11.6 Å². The van der Waals surface area contributed by atoms with Crippen molar-refractivity contribution in [3.8, 4) is 5.75 Å². The largest absolute Gasteiger partial charge is 0.495 e. The van der Waals surface area contributed by atoms with Crippen LogP contribution >= 0.6 is 11.6 Å². The molecule has 20 heavy (non-hydrogen) atoms. The van der Waals surface area contributed by atoms with Crippen LogP contribution in [0.25, 0.3) is 0 Å². The van der Waals surface area contributed by atoms with Crippen molar-refractivity contribution in [3.63, 3.8) is 0 Å². The van der Waals surface area contributed by atoms with E-state index >= 15 is 0 Å². The van der Waals surface area contributed by atoms with Gasteiger partial charge in [0.05, 0.1) is 12.8 Å². The number of hydrogen-bond acceptors (Lipinski definition) is 3. The number of halogens is 2. The number of hydrogen-bond donors (Lipinski definition) is 2. The summed E-state index contributed by atoms with van der Waals surface area (Å²) in [5.74, 6) is -0.460. The number of nitrogen functional groups attached to an aromatic ring is 1. The van der Waals surface area contributed by atoms with E-state index in [0.717, 1.165) is 6.07 Å². The van der Waals surface area contributed by atoms with Gasteiger partial charge in [0, 0.05) is 16.3 Å². The highest BCUT2D eigenvalue weighted by Gasteiger charge is 2.10. The summed E-state index contributed by atoms with van der Waals surface area (Å²) in [6.45, 7) is 0. The monoisotopic (exact) mass is 294 g/mol. The molecule has 0 bridgehead atoms. The van der Waals surface area contributed by atoms with Gasteiger partial charge in [-0.25, -0.2) is 4.39 Å². The Labute approximate surface area is 120 Å². The van der Waals surface area contributed by atoms with E-state index in [-0.39, 0.29) is 10.7 Å². The normalized spacial score (nSPS) is 10.2. The van der Waals surface area contributed by atoms with Crippen molar-refractivity contribution in [2.75, 3.05) is 18.2 Å². The lowest BCUT2D eigenvalue weighted by Gasteiger charge is -2.08. The molecule has 1 amide bonds. The second-order valence-corrected chi connectivity index (χ2v) is 4.51. The van der Waals surface area contributed by atoms with Gasteiger partial charge in [-0.1, -0.05) is 11.6 Å². The van der Waals surface area contributed by atoms with Gasteiger partial charge in [0.15, 0.2) is 0 Å². The Morgan fingerprint density at radius 2 is 2.05 bits per heavy atom. The summed E-state index contributed by atoms with van der Waals surface area (Å²) in [4.78, 5) is 12.0. The molecule has 0 aliphatic carbocycles. The third-order valence-corrected chi connectivity index (χ3v) is 2.83. The zero-order valence-corrected chi connectivity index (χ0v) is 11.4. The number of amides is 1. The molecule has 0 aliphatic rings. The minimum absolute atomic E-state index is 0.203. The molecule has 0 aliphatic heterocycles. The summed E-state index contributed by atoms with van der Waals surface area (Å²) < 4.78 is 18.2. The molecule has 0 saturated heterocycles. The summed E-state index contributed by atoms with van der Waals surface area (Å²) in [7, 11) is 1.49. The average molecular weight is 295 g/mol. The number of carbonyl (C=O) groups excluding carboxylic acids is 1. The van der Waals surface area contributed by atoms with E-state index in [4.69, 9.17) is 22.1 Å². The minimum atomic E-state index is -0.526. The van der Waals surface area contributed by atoms with Crippen molar-refractivity contribution in [2.45, 2.75) is 0 Å². The molecule has 2 aromatic carbocycles. The highest BCUT2D eigenvalue weighted by Crippen LogP contribution is 2.23. The first kappa shape index (κ1) is 14.1. The van der Waals surface area contributed by atoms with Gasteiger partial charge in [-0.15, -0.1) is 0 Å². The lowest BCUT2D eigenvalue weighted by molar-refractivity contribution is 0.102. The van der Waals surface area contributed by atoms with Crippen molar-refractivity contribution in [1.29, 1.82) is 0 Å². The van der Waals surface area contributed by atoms with E-state index in [1.807, 2.05) is 0 Å². The number of nitrogens with two attached hydrogens (primary N) is 1. The molecule has 0 heterocycles. The first-order chi connectivity index (χ1) is 9.49. The number of benzene rings is 2. The summed E-state index contributed by atoms with van der Waals surface area (Å²) in [5, 5.41) is 2.75. The van der Waals surface area contributed by atoms with Crippen LogP contribution in [-0.2, 0) is 0 Å². The van der Waals surface area contributed by atoms with Gasteiger partial charge in [0.25, 0.3) is 5.91 Å². The maximum absolute atomic E-state index is 13.2. The highest BCUT2D eigenvalue weighted by atomic mass is 35.5. The summed E-state index contributed by atoms with van der Waals surface area (Å²) >= 11 is 5.72. The molecule has 6 heteroatoms. The summed E-state index contributed by atoms with van der Waals surface area (Å²) in [5.41, 5.74) is 6.68. The Morgan fingerprint density at radius 3 is 2.65 bits per heavy atom. The molecular weight excluding hydrogens is 283 g/mol. The smallest absolute Gasteiger partial charge is 0.255 e. The number of nitrogens with one attached hydrogen (secondary N) is 1. The number of ether oxygens (including phenoxy) is 1. The predicted octanol–water partition coefficient (Wildman–Crippen LogP) is 3.32. The van der Waals surface area contributed by atoms with Gasteiger partial charge in [0.2, 0.25) is 0 Å². The summed E-state index contributed by atoms with van der Waals surface area (Å²) in [6.07, 6.45) is 0. The standard InChI is InChI=1S/C14H12ClFN2O2/c1-20-13-3-2-8(4-12(13)17)14(19)18-11-6-9(15)5-10(16)7-11/h2-7H,17H2,1H3,(H,18,19). The molecule has 0 atom stereocenters. The summed E-state index contributed by atoms with van der Waals surface area (Å²) in [6, 6.07) is 8.41. The SMILES string of the molecule is COc1ccc(C(=O)Nc2cc(F)cc(Cl)c2)cc1N. The lowest BCUT2D eigenvalue weighted by atomic mass is 10.1. The zero-order valence-electron chi connectivity index (χ0n) is 10.6. The number of methoxy groups -OCH3 is 1. The molecule has 0 radical (unpaired) electrons. The molecule has 0 fully saturated rings. The zero-order chi connectivity index (χ0) is 14.7. The number of rotatable bonds is 3. The highest BCUT2D eigenvalue weighted by molar-refractivity contribution is 6.31. The van der Waals surface area contributed by atoms with E-state index in [1.54, 1.807) is 12.1 Å². The molecule has 0 aromatic heterocycles. The Morgan fingerprint density at radius 1 is 1.30 bits per heavy atom. The molecule has 0 unspecified atom stereocenters. The van der Waals surface area contributed by atoms with E-state index < -0.39 is 11.7 Å². The molecular formula is C14H12ClFN2O2. The quantitative estimate of drug-likeness (QED) is 0.854. The van der Waals surface area contributed by atoms with Crippen LogP contribution in [0.1, 0.15) is 10.4 Å². The van der Waals surface area contributed by atoms with Gasteiger partial charge < -0.3 is 15.8 Å². The third kappa shape index (κ3) is 3.19. The van der Waals surface area contributed by atoms with E-state index in [9.17, 15) is 9.18 Å². The Bertz CT molecular complexity index is 641. The molecule has 104 valence electrons. The van der Waals surface area contributed by atoms with Crippen molar-refractivity contribution in [2.24, 2.45) is 0 Å².